The van der Waals surface area contributed by atoms with Gasteiger partial charge in [0, 0.05) is 11.8 Å². The van der Waals surface area contributed by atoms with Crippen molar-refractivity contribution in [2.45, 2.75) is 49.4 Å². The SMILES string of the molecule is CC(CCCSc1ncco1)(NC1CC1)C(N)=O. The largest absolute Gasteiger partial charge is 0.440 e. The molecule has 1 atom stereocenters. The summed E-state index contributed by atoms with van der Waals surface area (Å²) in [7, 11) is 0. The molecule has 1 fully saturated rings. The molecule has 0 radical (unpaired) electrons. The van der Waals surface area contributed by atoms with Crippen molar-refractivity contribution in [1.29, 1.82) is 0 Å². The van der Waals surface area contributed by atoms with Crippen LogP contribution in [0.25, 0.3) is 0 Å². The second-order valence-electron chi connectivity index (χ2n) is 4.86. The van der Waals surface area contributed by atoms with Crippen LogP contribution < -0.4 is 11.1 Å². The summed E-state index contributed by atoms with van der Waals surface area (Å²) in [5.41, 5.74) is 4.90. The smallest absolute Gasteiger partial charge is 0.255 e. The fraction of sp³-hybridized carbons (Fsp3) is 0.667. The van der Waals surface area contributed by atoms with Crippen molar-refractivity contribution in [3.8, 4) is 0 Å². The van der Waals surface area contributed by atoms with Gasteiger partial charge in [0.2, 0.25) is 5.91 Å². The van der Waals surface area contributed by atoms with Gasteiger partial charge in [0.1, 0.15) is 6.26 Å². The lowest BCUT2D eigenvalue weighted by Gasteiger charge is -2.27. The Morgan fingerprint density at radius 3 is 3.06 bits per heavy atom. The molecule has 18 heavy (non-hydrogen) atoms. The fourth-order valence-electron chi connectivity index (χ4n) is 1.81. The summed E-state index contributed by atoms with van der Waals surface area (Å²) < 4.78 is 5.13. The van der Waals surface area contributed by atoms with Gasteiger partial charge >= 0.3 is 0 Å². The number of oxazole rings is 1. The number of carbonyl (C=O) groups is 1. The predicted molar refractivity (Wildman–Crippen MR) is 70.2 cm³/mol. The van der Waals surface area contributed by atoms with E-state index in [4.69, 9.17) is 10.2 Å². The van der Waals surface area contributed by atoms with Gasteiger partial charge in [-0.2, -0.15) is 0 Å². The second-order valence-corrected chi connectivity index (χ2v) is 5.91. The first-order valence-corrected chi connectivity index (χ1v) is 7.18. The van der Waals surface area contributed by atoms with E-state index >= 15 is 0 Å². The van der Waals surface area contributed by atoms with Crippen LogP contribution in [-0.2, 0) is 4.79 Å². The van der Waals surface area contributed by atoms with Crippen LogP contribution in [0.5, 0.6) is 0 Å². The number of nitrogens with two attached hydrogens (primary N) is 1. The first kappa shape index (κ1) is 13.4. The Morgan fingerprint density at radius 2 is 2.50 bits per heavy atom. The van der Waals surface area contributed by atoms with Crippen molar-refractivity contribution in [3.05, 3.63) is 12.5 Å². The summed E-state index contributed by atoms with van der Waals surface area (Å²) in [6, 6.07) is 0.474. The number of nitrogens with zero attached hydrogens (tertiary/aromatic N) is 1. The first-order valence-electron chi connectivity index (χ1n) is 6.20. The van der Waals surface area contributed by atoms with Crippen molar-refractivity contribution < 1.29 is 9.21 Å². The van der Waals surface area contributed by atoms with Crippen molar-refractivity contribution in [2.75, 3.05) is 5.75 Å². The molecule has 1 unspecified atom stereocenters. The Labute approximate surface area is 111 Å². The Hall–Kier alpha value is -1.01. The molecule has 0 aliphatic heterocycles. The van der Waals surface area contributed by atoms with Gasteiger partial charge < -0.3 is 15.5 Å². The highest BCUT2D eigenvalue weighted by Crippen LogP contribution is 2.26. The van der Waals surface area contributed by atoms with E-state index in [2.05, 4.69) is 10.3 Å². The Bertz CT molecular complexity index is 392. The van der Waals surface area contributed by atoms with E-state index in [9.17, 15) is 4.79 Å². The lowest BCUT2D eigenvalue weighted by Crippen LogP contribution is -2.54. The summed E-state index contributed by atoms with van der Waals surface area (Å²) >= 11 is 1.56. The summed E-state index contributed by atoms with van der Waals surface area (Å²) in [5, 5.41) is 4.01. The van der Waals surface area contributed by atoms with E-state index in [1.807, 2.05) is 6.92 Å². The van der Waals surface area contributed by atoms with E-state index in [0.29, 0.717) is 11.3 Å². The third kappa shape index (κ3) is 3.74. The lowest BCUT2D eigenvalue weighted by molar-refractivity contribution is -0.124. The second kappa shape index (κ2) is 5.75. The van der Waals surface area contributed by atoms with Crippen LogP contribution in [0.3, 0.4) is 0 Å². The molecular formula is C12H19N3O2S. The molecule has 1 aliphatic carbocycles. The molecule has 100 valence electrons. The highest BCUT2D eigenvalue weighted by atomic mass is 32.2. The zero-order valence-electron chi connectivity index (χ0n) is 10.5. The summed E-state index contributed by atoms with van der Waals surface area (Å²) in [6.07, 6.45) is 7.12. The maximum absolute atomic E-state index is 11.5. The zero-order chi connectivity index (χ0) is 13.0. The average Bonchev–Trinajstić information content (AvgIpc) is 2.97. The number of hydrogen-bond donors (Lipinski definition) is 2. The topological polar surface area (TPSA) is 81.2 Å². The maximum atomic E-state index is 11.5. The normalized spacial score (nSPS) is 18.5. The quantitative estimate of drug-likeness (QED) is 0.552. The molecule has 1 heterocycles. The molecule has 2 rings (SSSR count). The van der Waals surface area contributed by atoms with Gasteiger partial charge in [-0.3, -0.25) is 4.79 Å². The number of rotatable bonds is 8. The average molecular weight is 269 g/mol. The molecule has 0 bridgehead atoms. The molecule has 1 aromatic heterocycles. The fourth-order valence-corrected chi connectivity index (χ4v) is 2.53. The molecule has 1 aromatic rings. The summed E-state index contributed by atoms with van der Waals surface area (Å²) in [6.45, 7) is 1.89. The maximum Gasteiger partial charge on any atom is 0.255 e. The van der Waals surface area contributed by atoms with Crippen LogP contribution >= 0.6 is 11.8 Å². The lowest BCUT2D eigenvalue weighted by atomic mass is 9.95. The summed E-state index contributed by atoms with van der Waals surface area (Å²) in [5.74, 6) is 0.603. The van der Waals surface area contributed by atoms with E-state index in [1.54, 1.807) is 24.2 Å². The number of aromatic nitrogens is 1. The predicted octanol–water partition coefficient (Wildman–Crippen LogP) is 1.54. The van der Waals surface area contributed by atoms with Gasteiger partial charge in [0.05, 0.1) is 11.7 Å². The van der Waals surface area contributed by atoms with Crippen LogP contribution in [0, 0.1) is 0 Å². The number of amides is 1. The molecule has 0 spiro atoms. The van der Waals surface area contributed by atoms with Crippen molar-refractivity contribution in [2.24, 2.45) is 5.73 Å². The molecule has 0 aromatic carbocycles. The minimum atomic E-state index is -0.585. The zero-order valence-corrected chi connectivity index (χ0v) is 11.3. The van der Waals surface area contributed by atoms with E-state index in [1.165, 1.54) is 0 Å². The molecular weight excluding hydrogens is 250 g/mol. The molecule has 1 aliphatic rings. The minimum absolute atomic E-state index is 0.268. The van der Waals surface area contributed by atoms with E-state index in [-0.39, 0.29) is 5.91 Å². The van der Waals surface area contributed by atoms with Crippen molar-refractivity contribution in [1.82, 2.24) is 10.3 Å². The Kier molecular flexibility index (Phi) is 4.29. The van der Waals surface area contributed by atoms with E-state index < -0.39 is 5.54 Å². The number of primary amides is 1. The minimum Gasteiger partial charge on any atom is -0.440 e. The van der Waals surface area contributed by atoms with Crippen LogP contribution in [0.1, 0.15) is 32.6 Å². The van der Waals surface area contributed by atoms with Crippen LogP contribution in [0.4, 0.5) is 0 Å². The number of thioether (sulfide) groups is 1. The highest BCUT2D eigenvalue weighted by molar-refractivity contribution is 7.99. The van der Waals surface area contributed by atoms with Gasteiger partial charge in [-0.15, -0.1) is 0 Å². The van der Waals surface area contributed by atoms with Gasteiger partial charge in [0.25, 0.3) is 5.22 Å². The number of carbonyl (C=O) groups excluding carboxylic acids is 1. The van der Waals surface area contributed by atoms with Gasteiger partial charge in [0.15, 0.2) is 0 Å². The Balaban J connectivity index is 1.73. The van der Waals surface area contributed by atoms with Crippen LogP contribution in [0.2, 0.25) is 0 Å². The molecule has 1 amide bonds. The first-order chi connectivity index (χ1) is 8.60. The molecule has 6 heteroatoms. The molecule has 5 nitrogen and oxygen atoms in total. The third-order valence-corrected chi connectivity index (χ3v) is 4.04. The van der Waals surface area contributed by atoms with Crippen LogP contribution in [0.15, 0.2) is 22.1 Å². The van der Waals surface area contributed by atoms with Crippen molar-refractivity contribution in [3.63, 3.8) is 0 Å². The molecule has 1 saturated carbocycles. The Morgan fingerprint density at radius 1 is 1.72 bits per heavy atom. The highest BCUT2D eigenvalue weighted by Gasteiger charge is 2.36. The standard InChI is InChI=1S/C12H19N3O2S/c1-12(10(13)16,15-9-3-4-9)5-2-8-18-11-14-6-7-17-11/h6-7,9,15H,2-5,8H2,1H3,(H2,13,16). The van der Waals surface area contributed by atoms with Gasteiger partial charge in [-0.1, -0.05) is 11.8 Å². The molecule has 0 saturated heterocycles. The summed E-state index contributed by atoms with van der Waals surface area (Å²) in [4.78, 5) is 15.6. The van der Waals surface area contributed by atoms with Gasteiger partial charge in [-0.05, 0) is 32.6 Å². The third-order valence-electron chi connectivity index (χ3n) is 3.10. The van der Waals surface area contributed by atoms with Crippen molar-refractivity contribution >= 4 is 17.7 Å². The number of hydrogen-bond acceptors (Lipinski definition) is 5. The van der Waals surface area contributed by atoms with E-state index in [0.717, 1.165) is 31.4 Å². The monoisotopic (exact) mass is 269 g/mol. The van der Waals surface area contributed by atoms with Crippen LogP contribution in [-0.4, -0.2) is 28.2 Å². The number of nitrogens with one attached hydrogen (secondary N) is 1. The van der Waals surface area contributed by atoms with Gasteiger partial charge in [-0.25, -0.2) is 4.98 Å². The molecule has 3 N–H and O–H groups in total.